The van der Waals surface area contributed by atoms with E-state index in [0.29, 0.717) is 16.0 Å². The zero-order valence-electron chi connectivity index (χ0n) is 17.7. The van der Waals surface area contributed by atoms with Crippen molar-refractivity contribution in [3.05, 3.63) is 23.5 Å². The van der Waals surface area contributed by atoms with Crippen molar-refractivity contribution in [2.24, 2.45) is 0 Å². The molecule has 11 heteroatoms. The van der Waals surface area contributed by atoms with Crippen LogP contribution in [0.5, 0.6) is 0 Å². The number of rotatable bonds is 4. The molecule has 2 aliphatic heterocycles. The van der Waals surface area contributed by atoms with Crippen LogP contribution in [0.1, 0.15) is 46.5 Å². The number of nitrogens with zero attached hydrogens (tertiary/aromatic N) is 5. The number of nitrogens with one attached hydrogen (secondary N) is 1. The van der Waals surface area contributed by atoms with Crippen molar-refractivity contribution in [1.82, 2.24) is 25.5 Å². The van der Waals surface area contributed by atoms with Gasteiger partial charge in [0, 0.05) is 29.2 Å². The van der Waals surface area contributed by atoms with Gasteiger partial charge < -0.3 is 20.7 Å². The number of piperidine rings is 1. The maximum Gasteiger partial charge on any atom is 0.407 e. The van der Waals surface area contributed by atoms with E-state index in [-0.39, 0.29) is 30.0 Å². The lowest BCUT2D eigenvalue weighted by molar-refractivity contribution is 0.0492. The van der Waals surface area contributed by atoms with Crippen molar-refractivity contribution in [3.8, 4) is 0 Å². The van der Waals surface area contributed by atoms with Crippen LogP contribution in [0.2, 0.25) is 5.02 Å². The second-order valence-corrected chi connectivity index (χ2v) is 10.3. The van der Waals surface area contributed by atoms with E-state index in [0.717, 1.165) is 30.6 Å². The lowest BCUT2D eigenvalue weighted by Gasteiger charge is -2.39. The molecule has 0 unspecified atom stereocenters. The van der Waals surface area contributed by atoms with Gasteiger partial charge >= 0.3 is 6.09 Å². The average molecular weight is 464 g/mol. The summed E-state index contributed by atoms with van der Waals surface area (Å²) in [6.07, 6.45) is 6.70. The number of amides is 1. The van der Waals surface area contributed by atoms with Crippen molar-refractivity contribution in [2.75, 3.05) is 10.6 Å². The molecule has 0 aromatic carbocycles. The Kier molecular flexibility index (Phi) is 6.11. The van der Waals surface area contributed by atoms with Gasteiger partial charge in [-0.2, -0.15) is 0 Å². The number of anilines is 2. The molecule has 31 heavy (non-hydrogen) atoms. The fourth-order valence-electron chi connectivity index (χ4n) is 4.15. The minimum absolute atomic E-state index is 0.0886. The summed E-state index contributed by atoms with van der Waals surface area (Å²) in [5.74, 6) is 0.900. The Morgan fingerprint density at radius 1 is 1.26 bits per heavy atom. The van der Waals surface area contributed by atoms with E-state index < -0.39 is 5.60 Å². The number of aromatic nitrogens is 4. The number of hydrogen-bond donors (Lipinski definition) is 2. The highest BCUT2D eigenvalue weighted by Gasteiger charge is 2.43. The van der Waals surface area contributed by atoms with Gasteiger partial charge in [-0.25, -0.2) is 14.8 Å². The van der Waals surface area contributed by atoms with Crippen molar-refractivity contribution in [3.63, 3.8) is 0 Å². The largest absolute Gasteiger partial charge is 0.444 e. The van der Waals surface area contributed by atoms with E-state index in [1.54, 1.807) is 18.5 Å². The maximum absolute atomic E-state index is 12.1. The molecule has 166 valence electrons. The van der Waals surface area contributed by atoms with Crippen LogP contribution < -0.4 is 16.0 Å². The summed E-state index contributed by atoms with van der Waals surface area (Å²) in [6, 6.07) is 2.41. The number of nitrogen functional groups attached to an aromatic ring is 1. The third kappa shape index (κ3) is 5.12. The summed E-state index contributed by atoms with van der Waals surface area (Å²) in [6.45, 7) is 5.59. The fraction of sp³-hybridized carbons (Fsp3) is 0.550. The third-order valence-corrected chi connectivity index (χ3v) is 6.77. The number of hydrogen-bond acceptors (Lipinski definition) is 9. The molecule has 3 N–H and O–H groups in total. The third-order valence-electron chi connectivity index (χ3n) is 5.31. The molecular formula is C20H26ClN7O2S. The highest BCUT2D eigenvalue weighted by molar-refractivity contribution is 7.99. The van der Waals surface area contributed by atoms with Gasteiger partial charge in [0.05, 0.1) is 11.2 Å². The highest BCUT2D eigenvalue weighted by atomic mass is 35.5. The molecule has 4 rings (SSSR count). The monoisotopic (exact) mass is 463 g/mol. The summed E-state index contributed by atoms with van der Waals surface area (Å²) < 4.78 is 5.40. The van der Waals surface area contributed by atoms with Crippen LogP contribution in [0.25, 0.3) is 0 Å². The molecule has 0 aliphatic carbocycles. The van der Waals surface area contributed by atoms with Crippen LogP contribution in [0.4, 0.5) is 16.6 Å². The second kappa shape index (κ2) is 8.66. The number of alkyl carbamates (subject to hydrolysis) is 1. The number of pyridine rings is 1. The zero-order valence-corrected chi connectivity index (χ0v) is 19.3. The van der Waals surface area contributed by atoms with Gasteiger partial charge in [0.2, 0.25) is 5.95 Å². The van der Waals surface area contributed by atoms with Crippen molar-refractivity contribution in [2.45, 2.75) is 80.1 Å². The average Bonchev–Trinajstić information content (AvgIpc) is 2.95. The first-order chi connectivity index (χ1) is 14.7. The molecule has 0 radical (unpaired) electrons. The molecule has 2 aromatic heterocycles. The van der Waals surface area contributed by atoms with E-state index in [9.17, 15) is 4.79 Å². The van der Waals surface area contributed by atoms with Crippen molar-refractivity contribution in [1.29, 1.82) is 0 Å². The van der Waals surface area contributed by atoms with Gasteiger partial charge in [-0.1, -0.05) is 23.4 Å². The Labute approximate surface area is 190 Å². The first kappa shape index (κ1) is 21.9. The Balaban J connectivity index is 1.40. The van der Waals surface area contributed by atoms with Gasteiger partial charge in [0.25, 0.3) is 0 Å². The molecule has 0 saturated carbocycles. The normalized spacial score (nSPS) is 23.0. The predicted octanol–water partition coefficient (Wildman–Crippen LogP) is 3.68. The number of ether oxygens (including phenoxy) is 1. The molecular weight excluding hydrogens is 438 g/mol. The van der Waals surface area contributed by atoms with Crippen LogP contribution in [-0.4, -0.2) is 50.0 Å². The quantitative estimate of drug-likeness (QED) is 0.699. The Morgan fingerprint density at radius 2 is 1.97 bits per heavy atom. The first-order valence-electron chi connectivity index (χ1n) is 10.2. The lowest BCUT2D eigenvalue weighted by atomic mass is 9.98. The van der Waals surface area contributed by atoms with Crippen LogP contribution in [-0.2, 0) is 4.74 Å². The molecule has 2 saturated heterocycles. The van der Waals surface area contributed by atoms with E-state index in [1.807, 2.05) is 20.8 Å². The summed E-state index contributed by atoms with van der Waals surface area (Å²) >= 11 is 7.55. The number of carbonyl (C=O) groups excluding carboxylic acids is 1. The summed E-state index contributed by atoms with van der Waals surface area (Å²) in [4.78, 5) is 23.7. The standard InChI is InChI=1S/C20H26ClN7O2S/c1-20(2,3)30-19(29)25-11-8-12-4-5-13(9-11)28(12)18-24-10-15(26-27-18)31-14-6-7-23-17(22)16(14)21/h6-7,10-13H,4-5,8-9H2,1-3H3,(H2,22,23)(H,25,29)/t11-,12-,13+. The van der Waals surface area contributed by atoms with Crippen LogP contribution >= 0.6 is 23.4 Å². The Bertz CT molecular complexity index is 940. The summed E-state index contributed by atoms with van der Waals surface area (Å²) in [7, 11) is 0. The number of halogens is 1. The summed E-state index contributed by atoms with van der Waals surface area (Å²) in [5.41, 5.74) is 5.25. The Hall–Kier alpha value is -2.33. The molecule has 2 aliphatic rings. The molecule has 3 atom stereocenters. The van der Waals surface area contributed by atoms with E-state index in [4.69, 9.17) is 22.1 Å². The van der Waals surface area contributed by atoms with Gasteiger partial charge in [-0.3, -0.25) is 0 Å². The lowest BCUT2D eigenvalue weighted by Crippen LogP contribution is -2.51. The fourth-order valence-corrected chi connectivity index (χ4v) is 5.12. The smallest absolute Gasteiger partial charge is 0.407 e. The van der Waals surface area contributed by atoms with Gasteiger partial charge in [0.1, 0.15) is 16.4 Å². The van der Waals surface area contributed by atoms with Crippen LogP contribution in [0, 0.1) is 0 Å². The number of carbonyl (C=O) groups is 1. The van der Waals surface area contributed by atoms with Gasteiger partial charge in [-0.15, -0.1) is 10.2 Å². The van der Waals surface area contributed by atoms with Crippen molar-refractivity contribution >= 4 is 41.2 Å². The summed E-state index contributed by atoms with van der Waals surface area (Å²) in [5, 5.41) is 12.7. The molecule has 0 spiro atoms. The molecule has 1 amide bonds. The van der Waals surface area contributed by atoms with Crippen molar-refractivity contribution < 1.29 is 9.53 Å². The predicted molar refractivity (Wildman–Crippen MR) is 119 cm³/mol. The topological polar surface area (TPSA) is 119 Å². The van der Waals surface area contributed by atoms with E-state index in [2.05, 4.69) is 30.4 Å². The molecule has 2 aromatic rings. The SMILES string of the molecule is CC(C)(C)OC(=O)N[C@@H]1C[C@H]2CC[C@@H](C1)N2c1ncc(Sc2ccnc(N)c2Cl)nn1. The second-order valence-electron chi connectivity index (χ2n) is 8.81. The molecule has 9 nitrogen and oxygen atoms in total. The van der Waals surface area contributed by atoms with E-state index >= 15 is 0 Å². The van der Waals surface area contributed by atoms with Gasteiger partial charge in [-0.05, 0) is 52.5 Å². The molecule has 2 bridgehead atoms. The minimum atomic E-state index is -0.505. The molecule has 2 fully saturated rings. The number of fused-ring (bicyclic) bond motifs is 2. The van der Waals surface area contributed by atoms with Crippen LogP contribution in [0.15, 0.2) is 28.4 Å². The molecule has 4 heterocycles. The maximum atomic E-state index is 12.1. The number of nitrogens with two attached hydrogens (primary N) is 1. The zero-order chi connectivity index (χ0) is 22.2. The van der Waals surface area contributed by atoms with Gasteiger partial charge in [0.15, 0.2) is 0 Å². The Morgan fingerprint density at radius 3 is 2.58 bits per heavy atom. The van der Waals surface area contributed by atoms with E-state index in [1.165, 1.54) is 11.8 Å². The first-order valence-corrected chi connectivity index (χ1v) is 11.4. The minimum Gasteiger partial charge on any atom is -0.444 e. The highest BCUT2D eigenvalue weighted by Crippen LogP contribution is 2.38. The van der Waals surface area contributed by atoms with Crippen LogP contribution in [0.3, 0.4) is 0 Å².